The van der Waals surface area contributed by atoms with Crippen molar-refractivity contribution >= 4 is 21.8 Å². The molecule has 20 heavy (non-hydrogen) atoms. The molecule has 0 saturated carbocycles. The number of carbonyl (C=O) groups is 1. The van der Waals surface area contributed by atoms with E-state index >= 15 is 0 Å². The zero-order chi connectivity index (χ0) is 14.7. The van der Waals surface area contributed by atoms with E-state index in [-0.39, 0.29) is 17.8 Å². The van der Waals surface area contributed by atoms with Crippen molar-refractivity contribution in [1.82, 2.24) is 4.90 Å². The molecule has 0 aliphatic carbocycles. The molecule has 0 bridgehead atoms. The first-order valence-electron chi connectivity index (χ1n) is 6.63. The minimum Gasteiger partial charge on any atom is -0.480 e. The first-order chi connectivity index (χ1) is 9.47. The van der Waals surface area contributed by atoms with Crippen molar-refractivity contribution in [3.63, 3.8) is 0 Å². The van der Waals surface area contributed by atoms with Gasteiger partial charge < -0.3 is 15.4 Å². The van der Waals surface area contributed by atoms with Crippen LogP contribution in [0.2, 0.25) is 0 Å². The third-order valence-electron chi connectivity index (χ3n) is 3.31. The molecule has 1 fully saturated rings. The van der Waals surface area contributed by atoms with E-state index in [0.29, 0.717) is 23.3 Å². The van der Waals surface area contributed by atoms with Gasteiger partial charge in [0, 0.05) is 19.1 Å². The maximum atomic E-state index is 13.0. The molecule has 1 aromatic rings. The number of benzene rings is 1. The molecule has 0 aromatic heterocycles. The van der Waals surface area contributed by atoms with Gasteiger partial charge in [-0.1, -0.05) is 0 Å². The molecule has 1 amide bonds. The van der Waals surface area contributed by atoms with E-state index in [2.05, 4.69) is 15.9 Å². The maximum Gasteiger partial charge on any atom is 0.263 e. The van der Waals surface area contributed by atoms with Crippen molar-refractivity contribution in [2.45, 2.75) is 31.9 Å². The summed E-state index contributed by atoms with van der Waals surface area (Å²) in [4.78, 5) is 14.0. The van der Waals surface area contributed by atoms with Gasteiger partial charge in [0.05, 0.1) is 4.47 Å². The van der Waals surface area contributed by atoms with Gasteiger partial charge in [0.1, 0.15) is 11.6 Å². The van der Waals surface area contributed by atoms with Gasteiger partial charge in [0.15, 0.2) is 6.10 Å². The average Bonchev–Trinajstić information content (AvgIpc) is 2.41. The van der Waals surface area contributed by atoms with E-state index in [1.165, 1.54) is 18.2 Å². The van der Waals surface area contributed by atoms with Crippen molar-refractivity contribution in [3.05, 3.63) is 28.5 Å². The molecule has 2 atom stereocenters. The Bertz CT molecular complexity index is 498. The lowest BCUT2D eigenvalue weighted by molar-refractivity contribution is -0.139. The lowest BCUT2D eigenvalue weighted by Gasteiger charge is -2.32. The van der Waals surface area contributed by atoms with E-state index in [9.17, 15) is 9.18 Å². The molecule has 0 spiro atoms. The summed E-state index contributed by atoms with van der Waals surface area (Å²) < 4.78 is 19.1. The minimum absolute atomic E-state index is 0.0393. The Labute approximate surface area is 126 Å². The molecule has 0 unspecified atom stereocenters. The Morgan fingerprint density at radius 3 is 3.00 bits per heavy atom. The predicted octanol–water partition coefficient (Wildman–Crippen LogP) is 2.31. The van der Waals surface area contributed by atoms with Gasteiger partial charge in [-0.05, 0) is 53.9 Å². The van der Waals surface area contributed by atoms with Gasteiger partial charge in [-0.15, -0.1) is 0 Å². The average molecular weight is 345 g/mol. The van der Waals surface area contributed by atoms with Crippen LogP contribution in [0.5, 0.6) is 5.75 Å². The number of nitrogens with zero attached hydrogens (tertiary/aromatic N) is 1. The van der Waals surface area contributed by atoms with Gasteiger partial charge in [0.25, 0.3) is 5.91 Å². The summed E-state index contributed by atoms with van der Waals surface area (Å²) in [7, 11) is 0. The van der Waals surface area contributed by atoms with Crippen LogP contribution >= 0.6 is 15.9 Å². The van der Waals surface area contributed by atoms with Crippen LogP contribution in [-0.2, 0) is 4.79 Å². The second kappa shape index (κ2) is 6.54. The number of halogens is 2. The summed E-state index contributed by atoms with van der Waals surface area (Å²) >= 11 is 3.22. The second-order valence-electron chi connectivity index (χ2n) is 5.02. The molecule has 110 valence electrons. The van der Waals surface area contributed by atoms with Gasteiger partial charge >= 0.3 is 0 Å². The van der Waals surface area contributed by atoms with Crippen molar-refractivity contribution in [2.24, 2.45) is 5.73 Å². The third kappa shape index (κ3) is 3.70. The molecule has 1 aliphatic heterocycles. The Kier molecular flexibility index (Phi) is 4.99. The van der Waals surface area contributed by atoms with Crippen molar-refractivity contribution in [1.29, 1.82) is 0 Å². The summed E-state index contributed by atoms with van der Waals surface area (Å²) in [6, 6.07) is 4.15. The molecular weight excluding hydrogens is 327 g/mol. The van der Waals surface area contributed by atoms with Gasteiger partial charge in [-0.3, -0.25) is 4.79 Å². The number of likely N-dealkylation sites (tertiary alicyclic amines) is 1. The highest BCUT2D eigenvalue weighted by Crippen LogP contribution is 2.26. The van der Waals surface area contributed by atoms with Crippen molar-refractivity contribution in [3.8, 4) is 5.75 Å². The monoisotopic (exact) mass is 344 g/mol. The number of hydrogen-bond acceptors (Lipinski definition) is 3. The molecule has 1 aromatic carbocycles. The number of piperidine rings is 1. The predicted molar refractivity (Wildman–Crippen MR) is 78.0 cm³/mol. The molecule has 4 nitrogen and oxygen atoms in total. The highest BCUT2D eigenvalue weighted by atomic mass is 79.9. The Morgan fingerprint density at radius 1 is 1.60 bits per heavy atom. The molecular formula is C14H18BrFN2O2. The number of rotatable bonds is 3. The molecule has 2 N–H and O–H groups in total. The summed E-state index contributed by atoms with van der Waals surface area (Å²) in [5.41, 5.74) is 5.87. The van der Waals surface area contributed by atoms with E-state index < -0.39 is 6.10 Å². The first-order valence-corrected chi connectivity index (χ1v) is 7.42. The topological polar surface area (TPSA) is 55.6 Å². The number of nitrogens with two attached hydrogens (primary N) is 1. The Hall–Kier alpha value is -1.14. The zero-order valence-corrected chi connectivity index (χ0v) is 12.9. The first kappa shape index (κ1) is 15.3. The molecule has 1 aliphatic rings. The molecule has 6 heteroatoms. The fraction of sp³-hybridized carbons (Fsp3) is 0.500. The quantitative estimate of drug-likeness (QED) is 0.915. The SMILES string of the molecule is C[C@H](Oc1ccc(F)cc1Br)C(=O)N1CCC[C@@H](N)C1. The van der Waals surface area contributed by atoms with Crippen LogP contribution in [0.25, 0.3) is 0 Å². The highest BCUT2D eigenvalue weighted by molar-refractivity contribution is 9.10. The molecule has 1 saturated heterocycles. The summed E-state index contributed by atoms with van der Waals surface area (Å²) in [6.45, 7) is 2.97. The summed E-state index contributed by atoms with van der Waals surface area (Å²) in [5.74, 6) is 0.00939. The zero-order valence-electron chi connectivity index (χ0n) is 11.3. The lowest BCUT2D eigenvalue weighted by Crippen LogP contribution is -2.49. The summed E-state index contributed by atoms with van der Waals surface area (Å²) in [6.07, 6.45) is 1.24. The van der Waals surface area contributed by atoms with Crippen molar-refractivity contribution in [2.75, 3.05) is 13.1 Å². The van der Waals surface area contributed by atoms with E-state index in [1.807, 2.05) is 0 Å². The Morgan fingerprint density at radius 2 is 2.35 bits per heavy atom. The van der Waals surface area contributed by atoms with Crippen LogP contribution in [0.4, 0.5) is 4.39 Å². The molecule has 1 heterocycles. The second-order valence-corrected chi connectivity index (χ2v) is 5.88. The van der Waals surface area contributed by atoms with Crippen molar-refractivity contribution < 1.29 is 13.9 Å². The Balaban J connectivity index is 2.00. The molecule has 2 rings (SSSR count). The largest absolute Gasteiger partial charge is 0.480 e. The third-order valence-corrected chi connectivity index (χ3v) is 3.93. The van der Waals surface area contributed by atoms with Crippen LogP contribution in [-0.4, -0.2) is 36.0 Å². The van der Waals surface area contributed by atoms with Gasteiger partial charge in [0.2, 0.25) is 0 Å². The minimum atomic E-state index is -0.623. The van der Waals surface area contributed by atoms with E-state index in [0.717, 1.165) is 12.8 Å². The highest BCUT2D eigenvalue weighted by Gasteiger charge is 2.26. The van der Waals surface area contributed by atoms with E-state index in [4.69, 9.17) is 10.5 Å². The normalized spacial score (nSPS) is 20.6. The lowest BCUT2D eigenvalue weighted by atomic mass is 10.1. The number of hydrogen-bond donors (Lipinski definition) is 1. The fourth-order valence-corrected chi connectivity index (χ4v) is 2.72. The molecule has 0 radical (unpaired) electrons. The van der Waals surface area contributed by atoms with Crippen LogP contribution in [0.15, 0.2) is 22.7 Å². The van der Waals surface area contributed by atoms with E-state index in [1.54, 1.807) is 11.8 Å². The smallest absolute Gasteiger partial charge is 0.263 e. The summed E-state index contributed by atoms with van der Waals surface area (Å²) in [5, 5.41) is 0. The van der Waals surface area contributed by atoms with Crippen LogP contribution in [0, 0.1) is 5.82 Å². The standard InChI is InChI=1S/C14H18BrFN2O2/c1-9(14(19)18-6-2-3-11(17)8-18)20-13-5-4-10(16)7-12(13)15/h4-5,7,9,11H,2-3,6,8,17H2,1H3/t9-,11+/m0/s1. The number of ether oxygens (including phenoxy) is 1. The van der Waals surface area contributed by atoms with Gasteiger partial charge in [-0.2, -0.15) is 0 Å². The van der Waals surface area contributed by atoms with Crippen LogP contribution < -0.4 is 10.5 Å². The van der Waals surface area contributed by atoms with Crippen LogP contribution in [0.1, 0.15) is 19.8 Å². The maximum absolute atomic E-state index is 13.0. The number of amides is 1. The van der Waals surface area contributed by atoms with Crippen LogP contribution in [0.3, 0.4) is 0 Å². The fourth-order valence-electron chi connectivity index (χ4n) is 2.28. The van der Waals surface area contributed by atoms with Gasteiger partial charge in [-0.25, -0.2) is 4.39 Å². The number of carbonyl (C=O) groups excluding carboxylic acids is 1.